The molecule has 4 saturated carbocycles. The molecule has 0 saturated heterocycles. The van der Waals surface area contributed by atoms with Gasteiger partial charge < -0.3 is 19.7 Å². The first-order valence-electron chi connectivity index (χ1n) is 14.6. The Bertz CT molecular complexity index is 751. The van der Waals surface area contributed by atoms with Crippen molar-refractivity contribution in [3.8, 4) is 0 Å². The molecule has 0 heterocycles. The Kier molecular flexibility index (Phi) is 8.02. The molecule has 11 atom stereocenters. The zero-order chi connectivity index (χ0) is 25.7. The average molecular weight is 493 g/mol. The number of aliphatic hydroxyl groups is 1. The smallest absolute Gasteiger partial charge is 0.303 e. The van der Waals surface area contributed by atoms with Crippen molar-refractivity contribution in [1.82, 2.24) is 0 Å². The second kappa shape index (κ2) is 10.3. The van der Waals surface area contributed by atoms with Crippen molar-refractivity contribution in [1.29, 1.82) is 0 Å². The number of carboxylic acid groups (broad SMARTS) is 1. The van der Waals surface area contributed by atoms with Crippen molar-refractivity contribution in [3.63, 3.8) is 0 Å². The number of aliphatic carboxylic acids is 1. The molecule has 4 aliphatic rings. The van der Waals surface area contributed by atoms with Crippen LogP contribution in [0.25, 0.3) is 0 Å². The Morgan fingerprint density at radius 2 is 1.63 bits per heavy atom. The van der Waals surface area contributed by atoms with E-state index in [2.05, 4.69) is 48.5 Å². The Balaban J connectivity index is 1.63. The van der Waals surface area contributed by atoms with Gasteiger partial charge in [-0.1, -0.05) is 20.8 Å². The highest BCUT2D eigenvalue weighted by Crippen LogP contribution is 2.69. The average Bonchev–Trinajstić information content (AvgIpc) is 3.11. The number of rotatable bonds is 8. The minimum absolute atomic E-state index is 0.154. The van der Waals surface area contributed by atoms with E-state index in [9.17, 15) is 15.0 Å². The molecule has 0 radical (unpaired) electrons. The van der Waals surface area contributed by atoms with Gasteiger partial charge in [-0.15, -0.1) is 0 Å². The second-order valence-corrected chi connectivity index (χ2v) is 13.7. The predicted octanol–water partition coefficient (Wildman–Crippen LogP) is 6.31. The zero-order valence-electron chi connectivity index (χ0n) is 23.3. The van der Waals surface area contributed by atoms with Crippen molar-refractivity contribution in [3.05, 3.63) is 0 Å². The number of fused-ring (bicyclic) bond motifs is 5. The Hall–Kier alpha value is -0.650. The molecule has 11 unspecified atom stereocenters. The van der Waals surface area contributed by atoms with Crippen LogP contribution in [0.15, 0.2) is 0 Å². The third-order valence-corrected chi connectivity index (χ3v) is 11.2. The van der Waals surface area contributed by atoms with Gasteiger partial charge in [0.2, 0.25) is 0 Å². The molecule has 35 heavy (non-hydrogen) atoms. The normalized spacial score (nSPS) is 46.2. The molecule has 0 bridgehead atoms. The summed E-state index contributed by atoms with van der Waals surface area (Å²) in [5.41, 5.74) is 0.0759. The Labute approximate surface area is 213 Å². The van der Waals surface area contributed by atoms with Crippen LogP contribution in [0.4, 0.5) is 0 Å². The van der Waals surface area contributed by atoms with E-state index in [1.807, 2.05) is 0 Å². The maximum absolute atomic E-state index is 11.8. The minimum Gasteiger partial charge on any atom is -0.481 e. The summed E-state index contributed by atoms with van der Waals surface area (Å²) >= 11 is 0. The van der Waals surface area contributed by atoms with E-state index < -0.39 is 5.97 Å². The van der Waals surface area contributed by atoms with E-state index in [1.165, 1.54) is 6.42 Å². The van der Waals surface area contributed by atoms with Crippen LogP contribution in [0, 0.1) is 46.3 Å². The number of hydrogen-bond donors (Lipinski definition) is 2. The summed E-state index contributed by atoms with van der Waals surface area (Å²) in [4.78, 5) is 11.3. The molecule has 0 aromatic heterocycles. The molecule has 2 N–H and O–H groups in total. The maximum Gasteiger partial charge on any atom is 0.303 e. The van der Waals surface area contributed by atoms with Crippen LogP contribution in [-0.2, 0) is 14.3 Å². The monoisotopic (exact) mass is 492 g/mol. The van der Waals surface area contributed by atoms with E-state index in [-0.39, 0.29) is 41.7 Å². The van der Waals surface area contributed by atoms with Crippen LogP contribution in [0.2, 0.25) is 0 Å². The summed E-state index contributed by atoms with van der Waals surface area (Å²) in [6.45, 7) is 15.7. The summed E-state index contributed by atoms with van der Waals surface area (Å²) in [5, 5.41) is 21.1. The Morgan fingerprint density at radius 1 is 0.943 bits per heavy atom. The summed E-state index contributed by atoms with van der Waals surface area (Å²) in [5.74, 6) is 1.95. The first kappa shape index (κ1) is 27.4. The van der Waals surface area contributed by atoms with E-state index in [4.69, 9.17) is 9.47 Å². The van der Waals surface area contributed by atoms with E-state index in [0.717, 1.165) is 38.5 Å². The molecular formula is C30H52O5. The molecular weight excluding hydrogens is 440 g/mol. The van der Waals surface area contributed by atoms with Crippen LogP contribution >= 0.6 is 0 Å². The molecule has 0 aromatic rings. The van der Waals surface area contributed by atoms with Crippen LogP contribution in [0.3, 0.4) is 0 Å². The van der Waals surface area contributed by atoms with Crippen LogP contribution in [-0.4, -0.2) is 46.7 Å². The van der Waals surface area contributed by atoms with E-state index in [0.29, 0.717) is 48.0 Å². The number of aliphatic hydroxyl groups excluding tert-OH is 1. The molecule has 5 nitrogen and oxygen atoms in total. The number of carbonyl (C=O) groups is 1. The van der Waals surface area contributed by atoms with Crippen LogP contribution in [0.1, 0.15) is 106 Å². The molecule has 4 aliphatic carbocycles. The summed E-state index contributed by atoms with van der Waals surface area (Å²) in [6.07, 6.45) is 9.25. The lowest BCUT2D eigenvalue weighted by Crippen LogP contribution is -2.63. The van der Waals surface area contributed by atoms with Crippen molar-refractivity contribution in [2.24, 2.45) is 46.3 Å². The molecule has 4 rings (SSSR count). The molecule has 202 valence electrons. The van der Waals surface area contributed by atoms with Gasteiger partial charge in [0.1, 0.15) is 0 Å². The second-order valence-electron chi connectivity index (χ2n) is 13.7. The van der Waals surface area contributed by atoms with Crippen molar-refractivity contribution in [2.75, 3.05) is 0 Å². The topological polar surface area (TPSA) is 76.0 Å². The number of carboxylic acids is 1. The van der Waals surface area contributed by atoms with Gasteiger partial charge in [-0.05, 0) is 125 Å². The summed E-state index contributed by atoms with van der Waals surface area (Å²) in [6, 6.07) is 0. The van der Waals surface area contributed by atoms with Crippen molar-refractivity contribution < 1.29 is 24.5 Å². The highest BCUT2D eigenvalue weighted by atomic mass is 16.5. The molecule has 0 amide bonds. The zero-order valence-corrected chi connectivity index (χ0v) is 23.3. The maximum atomic E-state index is 11.8. The van der Waals surface area contributed by atoms with Gasteiger partial charge in [-0.2, -0.15) is 0 Å². The lowest BCUT2D eigenvalue weighted by molar-refractivity contribution is -0.225. The molecule has 0 spiro atoms. The first-order valence-corrected chi connectivity index (χ1v) is 14.6. The van der Waals surface area contributed by atoms with Crippen LogP contribution in [0.5, 0.6) is 0 Å². The molecule has 0 aromatic carbocycles. The third kappa shape index (κ3) is 4.95. The van der Waals surface area contributed by atoms with Crippen LogP contribution < -0.4 is 0 Å². The SMILES string of the molecule is CC(C)OC1CCC2(C)C(C1)CC(OC(C)C)C1C2CC(O)C2(C)C(C(C)CCC(=O)O)CCC12. The van der Waals surface area contributed by atoms with Gasteiger partial charge in [-0.25, -0.2) is 0 Å². The fraction of sp³-hybridized carbons (Fsp3) is 0.967. The predicted molar refractivity (Wildman–Crippen MR) is 138 cm³/mol. The highest BCUT2D eigenvalue weighted by molar-refractivity contribution is 5.66. The largest absolute Gasteiger partial charge is 0.481 e. The lowest BCUT2D eigenvalue weighted by Gasteiger charge is -2.64. The van der Waals surface area contributed by atoms with E-state index >= 15 is 0 Å². The quantitative estimate of drug-likeness (QED) is 0.415. The minimum atomic E-state index is -0.713. The fourth-order valence-electron chi connectivity index (χ4n) is 9.64. The van der Waals surface area contributed by atoms with Gasteiger partial charge in [0.25, 0.3) is 0 Å². The molecule has 4 fully saturated rings. The first-order chi connectivity index (χ1) is 16.4. The number of ether oxygens (including phenoxy) is 2. The van der Waals surface area contributed by atoms with Gasteiger partial charge in [0.05, 0.1) is 30.5 Å². The van der Waals surface area contributed by atoms with Crippen molar-refractivity contribution in [2.45, 2.75) is 137 Å². The highest BCUT2D eigenvalue weighted by Gasteiger charge is 2.66. The summed E-state index contributed by atoms with van der Waals surface area (Å²) in [7, 11) is 0. The van der Waals surface area contributed by atoms with Gasteiger partial charge in [0.15, 0.2) is 0 Å². The standard InChI is InChI=1S/C30H52O5/c1-17(2)34-21-12-13-29(6)20(14-21)15-25(35-18(3)4)28-23-10-9-22(19(5)8-11-27(32)33)30(23,7)26(31)16-24(28)29/h17-26,28,31H,8-16H2,1-7H3,(H,32,33). The Morgan fingerprint density at radius 3 is 2.26 bits per heavy atom. The number of hydrogen-bond acceptors (Lipinski definition) is 4. The van der Waals surface area contributed by atoms with Gasteiger partial charge in [-0.3, -0.25) is 4.79 Å². The van der Waals surface area contributed by atoms with Gasteiger partial charge >= 0.3 is 5.97 Å². The lowest BCUT2D eigenvalue weighted by atomic mass is 9.43. The van der Waals surface area contributed by atoms with Gasteiger partial charge in [0, 0.05) is 6.42 Å². The summed E-state index contributed by atoms with van der Waals surface area (Å²) < 4.78 is 13.0. The molecule has 5 heteroatoms. The third-order valence-electron chi connectivity index (χ3n) is 11.2. The van der Waals surface area contributed by atoms with E-state index in [1.54, 1.807) is 0 Å². The molecule has 0 aliphatic heterocycles. The fourth-order valence-corrected chi connectivity index (χ4v) is 9.64. The van der Waals surface area contributed by atoms with Crippen molar-refractivity contribution >= 4 is 5.97 Å².